The zero-order valence-corrected chi connectivity index (χ0v) is 10.4. The third kappa shape index (κ3) is 4.08. The van der Waals surface area contributed by atoms with Crippen molar-refractivity contribution in [2.75, 3.05) is 27.3 Å². The van der Waals surface area contributed by atoms with Gasteiger partial charge < -0.3 is 9.64 Å². The predicted octanol–water partition coefficient (Wildman–Crippen LogP) is 2.95. The van der Waals surface area contributed by atoms with Crippen LogP contribution in [0.5, 0.6) is 0 Å². The summed E-state index contributed by atoms with van der Waals surface area (Å²) in [6.45, 7) is 2.10. The average Bonchev–Trinajstić information content (AvgIpc) is 2.24. The first-order chi connectivity index (χ1) is 7.65. The molecule has 0 bridgehead atoms. The molecule has 0 saturated heterocycles. The lowest BCUT2D eigenvalue weighted by atomic mass is 10.2. The van der Waals surface area contributed by atoms with Gasteiger partial charge >= 0.3 is 0 Å². The number of hydrogen-bond donors (Lipinski definition) is 0. The van der Waals surface area contributed by atoms with Crippen molar-refractivity contribution in [2.24, 2.45) is 0 Å². The lowest BCUT2D eigenvalue weighted by Gasteiger charge is -2.17. The monoisotopic (exact) mass is 245 g/mol. The number of hydrogen-bond acceptors (Lipinski definition) is 2. The molecule has 0 N–H and O–H groups in total. The van der Waals surface area contributed by atoms with E-state index in [4.69, 9.17) is 16.3 Å². The summed E-state index contributed by atoms with van der Waals surface area (Å²) in [6, 6.07) is 4.76. The summed E-state index contributed by atoms with van der Waals surface area (Å²) >= 11 is 5.94. The molecular weight excluding hydrogens is 229 g/mol. The molecule has 0 aromatic heterocycles. The zero-order chi connectivity index (χ0) is 12.0. The lowest BCUT2D eigenvalue weighted by molar-refractivity contribution is 0.178. The predicted molar refractivity (Wildman–Crippen MR) is 64.2 cm³/mol. The molecule has 0 aliphatic rings. The number of benzene rings is 1. The molecule has 0 spiro atoms. The molecule has 90 valence electrons. The van der Waals surface area contributed by atoms with E-state index in [0.717, 1.165) is 19.6 Å². The topological polar surface area (TPSA) is 12.5 Å². The molecule has 2 nitrogen and oxygen atoms in total. The summed E-state index contributed by atoms with van der Waals surface area (Å²) in [7, 11) is 3.62. The third-order valence-corrected chi connectivity index (χ3v) is 2.73. The van der Waals surface area contributed by atoms with Gasteiger partial charge in [0.1, 0.15) is 5.82 Å². The summed E-state index contributed by atoms with van der Waals surface area (Å²) in [5, 5.41) is 0.485. The Morgan fingerprint density at radius 3 is 2.81 bits per heavy atom. The molecule has 1 aromatic carbocycles. The summed E-state index contributed by atoms with van der Waals surface area (Å²) in [5.41, 5.74) is 0.559. The van der Waals surface area contributed by atoms with Crippen LogP contribution in [0.2, 0.25) is 5.02 Å². The van der Waals surface area contributed by atoms with Crippen molar-refractivity contribution >= 4 is 11.6 Å². The fourth-order valence-corrected chi connectivity index (χ4v) is 1.73. The maximum Gasteiger partial charge on any atom is 0.129 e. The van der Waals surface area contributed by atoms with E-state index in [1.54, 1.807) is 19.2 Å². The Kier molecular flexibility index (Phi) is 5.74. The van der Waals surface area contributed by atoms with Gasteiger partial charge in [-0.05, 0) is 25.6 Å². The molecule has 1 rings (SSSR count). The summed E-state index contributed by atoms with van der Waals surface area (Å²) in [5.74, 6) is -0.244. The Bertz CT molecular complexity index is 313. The van der Waals surface area contributed by atoms with Gasteiger partial charge in [-0.25, -0.2) is 4.39 Å². The van der Waals surface area contributed by atoms with Gasteiger partial charge in [0, 0.05) is 37.4 Å². The Hall–Kier alpha value is -0.640. The Morgan fingerprint density at radius 1 is 1.44 bits per heavy atom. The first-order valence-electron chi connectivity index (χ1n) is 5.25. The van der Waals surface area contributed by atoms with Crippen LogP contribution in [-0.4, -0.2) is 32.2 Å². The number of nitrogens with zero attached hydrogens (tertiary/aromatic N) is 1. The van der Waals surface area contributed by atoms with Crippen molar-refractivity contribution in [1.82, 2.24) is 4.90 Å². The lowest BCUT2D eigenvalue weighted by Crippen LogP contribution is -2.21. The zero-order valence-electron chi connectivity index (χ0n) is 9.67. The molecule has 16 heavy (non-hydrogen) atoms. The second-order valence-corrected chi connectivity index (χ2v) is 4.19. The van der Waals surface area contributed by atoms with Gasteiger partial charge in [-0.3, -0.25) is 0 Å². The average molecular weight is 246 g/mol. The van der Waals surface area contributed by atoms with E-state index in [-0.39, 0.29) is 5.82 Å². The first-order valence-corrected chi connectivity index (χ1v) is 5.63. The minimum absolute atomic E-state index is 0.244. The van der Waals surface area contributed by atoms with Crippen molar-refractivity contribution in [1.29, 1.82) is 0 Å². The summed E-state index contributed by atoms with van der Waals surface area (Å²) in [4.78, 5) is 2.03. The highest BCUT2D eigenvalue weighted by Crippen LogP contribution is 2.20. The number of rotatable bonds is 6. The van der Waals surface area contributed by atoms with Crippen LogP contribution in [-0.2, 0) is 11.3 Å². The first kappa shape index (κ1) is 13.4. The largest absolute Gasteiger partial charge is 0.385 e. The van der Waals surface area contributed by atoms with E-state index in [0.29, 0.717) is 17.1 Å². The SMILES string of the molecule is COCCCN(C)Cc1c(F)cccc1Cl. The number of methoxy groups -OCH3 is 1. The maximum absolute atomic E-state index is 13.5. The molecule has 1 aromatic rings. The smallest absolute Gasteiger partial charge is 0.129 e. The molecule has 0 atom stereocenters. The van der Waals surface area contributed by atoms with Gasteiger partial charge in [0.05, 0.1) is 0 Å². The molecule has 0 heterocycles. The fourth-order valence-electron chi connectivity index (χ4n) is 1.51. The van der Waals surface area contributed by atoms with Gasteiger partial charge in [0.25, 0.3) is 0 Å². The molecule has 0 aliphatic carbocycles. The van der Waals surface area contributed by atoms with Crippen LogP contribution in [0.4, 0.5) is 4.39 Å². The normalized spacial score (nSPS) is 11.1. The second kappa shape index (κ2) is 6.84. The minimum Gasteiger partial charge on any atom is -0.385 e. The van der Waals surface area contributed by atoms with Crippen molar-refractivity contribution < 1.29 is 9.13 Å². The highest BCUT2D eigenvalue weighted by Gasteiger charge is 2.09. The van der Waals surface area contributed by atoms with Crippen LogP contribution in [0, 0.1) is 5.82 Å². The van der Waals surface area contributed by atoms with Gasteiger partial charge in [-0.2, -0.15) is 0 Å². The van der Waals surface area contributed by atoms with Crippen molar-refractivity contribution in [3.63, 3.8) is 0 Å². The molecular formula is C12H17ClFNO. The second-order valence-electron chi connectivity index (χ2n) is 3.78. The van der Waals surface area contributed by atoms with Gasteiger partial charge in [0.15, 0.2) is 0 Å². The number of halogens is 2. The van der Waals surface area contributed by atoms with E-state index >= 15 is 0 Å². The van der Waals surface area contributed by atoms with E-state index in [1.165, 1.54) is 6.07 Å². The van der Waals surface area contributed by atoms with Crippen molar-refractivity contribution in [3.8, 4) is 0 Å². The van der Waals surface area contributed by atoms with Gasteiger partial charge in [-0.1, -0.05) is 17.7 Å². The molecule has 0 saturated carbocycles. The molecule has 0 aliphatic heterocycles. The Labute approximate surface area is 101 Å². The molecule has 0 radical (unpaired) electrons. The summed E-state index contributed by atoms with van der Waals surface area (Å²) < 4.78 is 18.4. The van der Waals surface area contributed by atoms with Gasteiger partial charge in [-0.15, -0.1) is 0 Å². The van der Waals surface area contributed by atoms with E-state index in [2.05, 4.69) is 0 Å². The van der Waals surface area contributed by atoms with Crippen molar-refractivity contribution in [2.45, 2.75) is 13.0 Å². The van der Waals surface area contributed by atoms with Crippen LogP contribution in [0.25, 0.3) is 0 Å². The van der Waals surface area contributed by atoms with Crippen LogP contribution >= 0.6 is 11.6 Å². The molecule has 4 heteroatoms. The highest BCUT2D eigenvalue weighted by molar-refractivity contribution is 6.31. The van der Waals surface area contributed by atoms with E-state index in [9.17, 15) is 4.39 Å². The van der Waals surface area contributed by atoms with Gasteiger partial charge in [0.2, 0.25) is 0 Å². The minimum atomic E-state index is -0.244. The highest BCUT2D eigenvalue weighted by atomic mass is 35.5. The maximum atomic E-state index is 13.5. The van der Waals surface area contributed by atoms with Crippen molar-refractivity contribution in [3.05, 3.63) is 34.6 Å². The Morgan fingerprint density at radius 2 is 2.19 bits per heavy atom. The summed E-state index contributed by atoms with van der Waals surface area (Å²) in [6.07, 6.45) is 0.930. The standard InChI is InChI=1S/C12H17ClFNO/c1-15(7-4-8-16-2)9-10-11(13)5-3-6-12(10)14/h3,5-6H,4,7-9H2,1-2H3. The molecule has 0 unspecified atom stereocenters. The molecule has 0 fully saturated rings. The van der Waals surface area contributed by atoms with Crippen LogP contribution in [0.15, 0.2) is 18.2 Å². The molecule has 0 amide bonds. The van der Waals surface area contributed by atoms with Crippen LogP contribution in [0.3, 0.4) is 0 Å². The quantitative estimate of drug-likeness (QED) is 0.715. The van der Waals surface area contributed by atoms with E-state index in [1.807, 2.05) is 11.9 Å². The fraction of sp³-hybridized carbons (Fsp3) is 0.500. The number of ether oxygens (including phenoxy) is 1. The Balaban J connectivity index is 2.52. The van der Waals surface area contributed by atoms with Crippen LogP contribution in [0.1, 0.15) is 12.0 Å². The third-order valence-electron chi connectivity index (χ3n) is 2.38. The van der Waals surface area contributed by atoms with Crippen LogP contribution < -0.4 is 0 Å². The van der Waals surface area contributed by atoms with E-state index < -0.39 is 0 Å².